The second kappa shape index (κ2) is 15.4. The first kappa shape index (κ1) is 36.8. The summed E-state index contributed by atoms with van der Waals surface area (Å²) in [7, 11) is 1.67. The molecule has 1 saturated carbocycles. The van der Waals surface area contributed by atoms with Crippen LogP contribution in [0.3, 0.4) is 0 Å². The summed E-state index contributed by atoms with van der Waals surface area (Å²) >= 11 is 0. The van der Waals surface area contributed by atoms with Crippen molar-refractivity contribution in [1.29, 1.82) is 0 Å². The standard InChI is InChI=1S/C40H46F2N6O5/c1-46-12-11-28(19-36(46)51)30-18-33(38(43)44-21-30)39(52)45-34-3-2-4-35(34)53-24-25-5-7-26(8-6-25)27-9-10-32-29(17-27)20-40(41,42)37(32)48-15-13-47(14-16-48)22-31(50)23-49/h5-12,17-19,21,31,34-35,37,49-50H,2-4,13-16,20,22-24H2,1H3,(H2,43,44)(H,45,52)/t31-,34-,35-,37?/m0/s1. The number of aryl methyl sites for hydroxylation is 1. The Morgan fingerprint density at radius 2 is 1.75 bits per heavy atom. The predicted octanol–water partition coefficient (Wildman–Crippen LogP) is 3.77. The number of nitrogens with one attached hydrogen (secondary N) is 1. The zero-order valence-corrected chi connectivity index (χ0v) is 29.8. The molecule has 53 heavy (non-hydrogen) atoms. The molecule has 2 aromatic carbocycles. The van der Waals surface area contributed by atoms with Crippen LogP contribution < -0.4 is 16.6 Å². The number of nitrogens with zero attached hydrogens (tertiary/aromatic N) is 4. The molecule has 1 unspecified atom stereocenters. The summed E-state index contributed by atoms with van der Waals surface area (Å²) in [6.45, 7) is 2.43. The third-order valence-corrected chi connectivity index (χ3v) is 10.8. The molecule has 0 radical (unpaired) electrons. The molecule has 2 fully saturated rings. The summed E-state index contributed by atoms with van der Waals surface area (Å²) in [6.07, 6.45) is 4.35. The first-order valence-electron chi connectivity index (χ1n) is 18.2. The smallest absolute Gasteiger partial charge is 0.271 e. The number of aliphatic hydroxyl groups is 2. The highest BCUT2D eigenvalue weighted by Gasteiger charge is 2.50. The van der Waals surface area contributed by atoms with Crippen molar-refractivity contribution in [3.05, 3.63) is 106 Å². The quantitative estimate of drug-likeness (QED) is 0.181. The van der Waals surface area contributed by atoms with Gasteiger partial charge >= 0.3 is 0 Å². The van der Waals surface area contributed by atoms with Crippen molar-refractivity contribution in [2.75, 3.05) is 45.1 Å². The van der Waals surface area contributed by atoms with Crippen LogP contribution in [-0.2, 0) is 24.8 Å². The number of halogens is 2. The van der Waals surface area contributed by atoms with E-state index in [1.165, 1.54) is 10.6 Å². The van der Waals surface area contributed by atoms with E-state index in [0.29, 0.717) is 61.6 Å². The molecule has 4 atom stereocenters. The number of ether oxygens (including phenoxy) is 1. The lowest BCUT2D eigenvalue weighted by Gasteiger charge is -2.40. The summed E-state index contributed by atoms with van der Waals surface area (Å²) in [4.78, 5) is 33.6. The Bertz CT molecular complexity index is 2000. The average molecular weight is 729 g/mol. The van der Waals surface area contributed by atoms with Crippen molar-refractivity contribution < 1.29 is 28.5 Å². The number of alkyl halides is 2. The second-order valence-electron chi connectivity index (χ2n) is 14.5. The van der Waals surface area contributed by atoms with Crippen molar-refractivity contribution >= 4 is 11.7 Å². The molecule has 1 aliphatic heterocycles. The van der Waals surface area contributed by atoms with Gasteiger partial charge in [0, 0.05) is 70.2 Å². The van der Waals surface area contributed by atoms with Crippen LogP contribution in [0, 0.1) is 0 Å². The lowest BCUT2D eigenvalue weighted by molar-refractivity contribution is -0.0838. The van der Waals surface area contributed by atoms with E-state index in [0.717, 1.165) is 36.0 Å². The largest absolute Gasteiger partial charge is 0.394 e. The molecule has 7 rings (SSSR count). The minimum atomic E-state index is -2.89. The maximum atomic E-state index is 15.5. The van der Waals surface area contributed by atoms with Crippen LogP contribution in [0.2, 0.25) is 0 Å². The highest BCUT2D eigenvalue weighted by molar-refractivity contribution is 5.99. The average Bonchev–Trinajstić information content (AvgIpc) is 3.71. The van der Waals surface area contributed by atoms with Crippen molar-refractivity contribution in [2.45, 2.75) is 62.5 Å². The number of nitrogen functional groups attached to an aromatic ring is 1. The highest BCUT2D eigenvalue weighted by atomic mass is 19.3. The van der Waals surface area contributed by atoms with E-state index in [-0.39, 0.29) is 48.0 Å². The summed E-state index contributed by atoms with van der Waals surface area (Å²) in [5, 5.41) is 22.0. The molecule has 2 aromatic heterocycles. The van der Waals surface area contributed by atoms with Gasteiger partial charge in [0.2, 0.25) is 0 Å². The number of aromatic nitrogens is 2. The van der Waals surface area contributed by atoms with Gasteiger partial charge in [-0.1, -0.05) is 42.5 Å². The number of hydrogen-bond acceptors (Lipinski definition) is 9. The Labute approximate surface area is 307 Å². The number of β-amino-alcohol motifs (C(OH)–C–C–N with tert-alkyl or cyclic N) is 1. The van der Waals surface area contributed by atoms with Crippen LogP contribution in [-0.4, -0.2) is 99.0 Å². The highest BCUT2D eigenvalue weighted by Crippen LogP contribution is 2.48. The molecular weight excluding hydrogens is 682 g/mol. The Morgan fingerprint density at radius 1 is 1.02 bits per heavy atom. The van der Waals surface area contributed by atoms with E-state index in [1.54, 1.807) is 31.6 Å². The van der Waals surface area contributed by atoms with Crippen LogP contribution in [0.25, 0.3) is 22.3 Å². The maximum absolute atomic E-state index is 15.5. The zero-order valence-electron chi connectivity index (χ0n) is 29.8. The monoisotopic (exact) mass is 728 g/mol. The Kier molecular flexibility index (Phi) is 10.7. The van der Waals surface area contributed by atoms with Gasteiger partial charge in [0.05, 0.1) is 43.1 Å². The molecule has 3 aliphatic rings. The van der Waals surface area contributed by atoms with Crippen LogP contribution in [0.1, 0.15) is 52.4 Å². The van der Waals surface area contributed by atoms with E-state index in [9.17, 15) is 14.7 Å². The van der Waals surface area contributed by atoms with Gasteiger partial charge in [-0.05, 0) is 64.8 Å². The van der Waals surface area contributed by atoms with Crippen LogP contribution in [0.15, 0.2) is 77.9 Å². The number of carbonyl (C=O) groups is 1. The molecule has 0 spiro atoms. The molecule has 280 valence electrons. The van der Waals surface area contributed by atoms with Gasteiger partial charge in [-0.3, -0.25) is 19.4 Å². The molecule has 11 nitrogen and oxygen atoms in total. The lowest BCUT2D eigenvalue weighted by Crippen LogP contribution is -2.52. The molecule has 2 aliphatic carbocycles. The van der Waals surface area contributed by atoms with Crippen LogP contribution in [0.4, 0.5) is 14.6 Å². The number of hydrogen-bond donors (Lipinski definition) is 4. The molecule has 4 aromatic rings. The lowest BCUT2D eigenvalue weighted by atomic mass is 9.98. The second-order valence-corrected chi connectivity index (χ2v) is 14.5. The van der Waals surface area contributed by atoms with E-state index in [2.05, 4.69) is 10.3 Å². The molecule has 1 saturated heterocycles. The fourth-order valence-electron chi connectivity index (χ4n) is 7.88. The fourth-order valence-corrected chi connectivity index (χ4v) is 7.88. The number of carbonyl (C=O) groups excluding carboxylic acids is 1. The van der Waals surface area contributed by atoms with Gasteiger partial charge in [-0.25, -0.2) is 13.8 Å². The SMILES string of the molecule is Cn1ccc(-c2cnc(N)c(C(=O)N[C@H]3CCC[C@@H]3OCc3ccc(-c4ccc5c(c4)CC(F)(F)C5N4CCN(C[C@H](O)CO)CC4)cc3)c2)cc1=O. The van der Waals surface area contributed by atoms with Gasteiger partial charge < -0.3 is 30.6 Å². The van der Waals surface area contributed by atoms with E-state index in [4.69, 9.17) is 15.6 Å². The van der Waals surface area contributed by atoms with E-state index in [1.807, 2.05) is 52.3 Å². The number of nitrogens with two attached hydrogens (primary N) is 1. The van der Waals surface area contributed by atoms with Crippen LogP contribution in [0.5, 0.6) is 0 Å². The Balaban J connectivity index is 0.956. The van der Waals surface area contributed by atoms with Gasteiger partial charge in [0.25, 0.3) is 17.4 Å². The van der Waals surface area contributed by atoms with Crippen molar-refractivity contribution in [3.63, 3.8) is 0 Å². The summed E-state index contributed by atoms with van der Waals surface area (Å²) in [6, 6.07) is 17.3. The molecule has 3 heterocycles. The number of anilines is 1. The Hall–Kier alpha value is -4.53. The van der Waals surface area contributed by atoms with Crippen molar-refractivity contribution in [3.8, 4) is 22.3 Å². The number of piperazine rings is 1. The van der Waals surface area contributed by atoms with E-state index < -0.39 is 18.1 Å². The Morgan fingerprint density at radius 3 is 2.49 bits per heavy atom. The third kappa shape index (κ3) is 8.04. The number of pyridine rings is 2. The van der Waals surface area contributed by atoms with Crippen molar-refractivity contribution in [1.82, 2.24) is 24.7 Å². The van der Waals surface area contributed by atoms with Crippen LogP contribution >= 0.6 is 0 Å². The van der Waals surface area contributed by atoms with Crippen molar-refractivity contribution in [2.24, 2.45) is 7.05 Å². The zero-order chi connectivity index (χ0) is 37.3. The van der Waals surface area contributed by atoms with Gasteiger partial charge in [0.1, 0.15) is 5.82 Å². The summed E-state index contributed by atoms with van der Waals surface area (Å²) in [5.41, 5.74) is 11.5. The summed E-state index contributed by atoms with van der Waals surface area (Å²) < 4.78 is 38.7. The predicted molar refractivity (Wildman–Crippen MR) is 197 cm³/mol. The summed E-state index contributed by atoms with van der Waals surface area (Å²) in [5.74, 6) is -3.13. The number of fused-ring (bicyclic) bond motifs is 1. The minimum absolute atomic E-state index is 0.106. The molecule has 0 bridgehead atoms. The van der Waals surface area contributed by atoms with Gasteiger partial charge in [-0.2, -0.15) is 0 Å². The van der Waals surface area contributed by atoms with E-state index >= 15 is 8.78 Å². The molecule has 13 heteroatoms. The number of rotatable bonds is 11. The first-order valence-corrected chi connectivity index (χ1v) is 18.2. The normalized spacial score (nSPS) is 22.1. The maximum Gasteiger partial charge on any atom is 0.271 e. The molecular formula is C40H46F2N6O5. The van der Waals surface area contributed by atoms with Gasteiger partial charge in [0.15, 0.2) is 0 Å². The fraction of sp³-hybridized carbons (Fsp3) is 0.425. The minimum Gasteiger partial charge on any atom is -0.394 e. The molecule has 5 N–H and O–H groups in total. The topological polar surface area (TPSA) is 146 Å². The number of benzene rings is 2. The number of aliphatic hydroxyl groups excluding tert-OH is 2. The molecule has 1 amide bonds. The first-order chi connectivity index (χ1) is 25.5. The number of amides is 1. The third-order valence-electron chi connectivity index (χ3n) is 10.8. The van der Waals surface area contributed by atoms with Gasteiger partial charge in [-0.15, -0.1) is 0 Å².